The predicted molar refractivity (Wildman–Crippen MR) is 59.8 cm³/mol. The van der Waals surface area contributed by atoms with Crippen molar-refractivity contribution in [1.82, 2.24) is 5.32 Å². The van der Waals surface area contributed by atoms with Crippen LogP contribution in [-0.2, 0) is 14.6 Å². The van der Waals surface area contributed by atoms with E-state index < -0.39 is 9.84 Å². The summed E-state index contributed by atoms with van der Waals surface area (Å²) >= 11 is 0. The van der Waals surface area contributed by atoms with Crippen molar-refractivity contribution in [3.05, 3.63) is 12.2 Å². The molecule has 0 aromatic heterocycles. The molecule has 0 aromatic rings. The highest BCUT2D eigenvalue weighted by molar-refractivity contribution is 7.92. The van der Waals surface area contributed by atoms with Crippen LogP contribution in [0.2, 0.25) is 0 Å². The molecule has 3 rings (SSSR count). The summed E-state index contributed by atoms with van der Waals surface area (Å²) in [6.45, 7) is 0. The summed E-state index contributed by atoms with van der Waals surface area (Å²) in [5, 5.41) is 2.99. The van der Waals surface area contributed by atoms with Crippen molar-refractivity contribution in [2.75, 3.05) is 5.75 Å². The van der Waals surface area contributed by atoms with Crippen molar-refractivity contribution in [3.8, 4) is 0 Å². The number of sulfone groups is 1. The van der Waals surface area contributed by atoms with Gasteiger partial charge in [-0.25, -0.2) is 8.42 Å². The van der Waals surface area contributed by atoms with Crippen LogP contribution in [0.4, 0.5) is 0 Å². The van der Waals surface area contributed by atoms with Gasteiger partial charge in [0.25, 0.3) is 0 Å². The summed E-state index contributed by atoms with van der Waals surface area (Å²) in [6.07, 6.45) is 5.58. The van der Waals surface area contributed by atoms with Gasteiger partial charge in [-0.1, -0.05) is 12.2 Å². The lowest BCUT2D eigenvalue weighted by molar-refractivity contribution is -0.123. The van der Waals surface area contributed by atoms with Gasteiger partial charge in [0.1, 0.15) is 5.78 Å². The summed E-state index contributed by atoms with van der Waals surface area (Å²) in [7, 11) is -2.96. The normalized spacial score (nSPS) is 45.1. The minimum Gasteiger partial charge on any atom is -0.306 e. The Kier molecular flexibility index (Phi) is 2.23. The molecule has 0 spiro atoms. The second kappa shape index (κ2) is 3.40. The molecule has 88 valence electrons. The molecule has 2 heterocycles. The van der Waals surface area contributed by atoms with Crippen LogP contribution in [0.25, 0.3) is 0 Å². The maximum atomic E-state index is 11.8. The van der Waals surface area contributed by atoms with Crippen LogP contribution < -0.4 is 5.32 Å². The summed E-state index contributed by atoms with van der Waals surface area (Å²) in [6, 6.07) is 0.123. The third-order valence-electron chi connectivity index (χ3n) is 4.03. The second-order valence-corrected chi connectivity index (χ2v) is 7.27. The van der Waals surface area contributed by atoms with Gasteiger partial charge in [-0.15, -0.1) is 0 Å². The standard InChI is InChI=1S/C11H15NO3S/c13-10-3-1-2-8-7(10)6-11-9(12-8)4-5-16(11,14)15/h1-2,7-9,11-12H,3-6H2. The first-order chi connectivity index (χ1) is 7.58. The Morgan fingerprint density at radius 3 is 3.00 bits per heavy atom. The van der Waals surface area contributed by atoms with Gasteiger partial charge in [0.15, 0.2) is 9.84 Å². The van der Waals surface area contributed by atoms with E-state index in [1.165, 1.54) is 0 Å². The SMILES string of the molecule is O=C1CC=CC2NC3CCS(=O)(=O)C3CC12. The fourth-order valence-electron chi connectivity index (χ4n) is 3.14. The molecule has 4 nitrogen and oxygen atoms in total. The number of allylic oxidation sites excluding steroid dienone is 1. The summed E-state index contributed by atoms with van der Waals surface area (Å²) in [5.41, 5.74) is 0. The first kappa shape index (κ1) is 10.5. The molecule has 0 radical (unpaired) electrons. The predicted octanol–water partition coefficient (Wildman–Crippen LogP) is 0.0492. The molecule has 2 saturated heterocycles. The third-order valence-corrected chi connectivity index (χ3v) is 6.27. The number of nitrogens with one attached hydrogen (secondary N) is 1. The Morgan fingerprint density at radius 1 is 1.38 bits per heavy atom. The number of ketones is 1. The molecule has 1 aliphatic carbocycles. The first-order valence-electron chi connectivity index (χ1n) is 5.75. The van der Waals surface area contributed by atoms with Crippen LogP contribution in [0.5, 0.6) is 0 Å². The number of hydrogen-bond acceptors (Lipinski definition) is 4. The van der Waals surface area contributed by atoms with Gasteiger partial charge in [-0.05, 0) is 12.8 Å². The number of rotatable bonds is 0. The van der Waals surface area contributed by atoms with Crippen LogP contribution >= 0.6 is 0 Å². The number of carbonyl (C=O) groups excluding carboxylic acids is 1. The van der Waals surface area contributed by atoms with Gasteiger partial charge in [0, 0.05) is 24.4 Å². The van der Waals surface area contributed by atoms with E-state index in [4.69, 9.17) is 0 Å². The smallest absolute Gasteiger partial charge is 0.154 e. The van der Waals surface area contributed by atoms with Crippen molar-refractivity contribution in [2.45, 2.75) is 36.6 Å². The fraction of sp³-hybridized carbons (Fsp3) is 0.727. The van der Waals surface area contributed by atoms with Gasteiger partial charge >= 0.3 is 0 Å². The van der Waals surface area contributed by atoms with Crippen molar-refractivity contribution >= 4 is 15.6 Å². The van der Waals surface area contributed by atoms with Crippen LogP contribution in [-0.4, -0.2) is 37.3 Å². The molecule has 2 aliphatic heterocycles. The van der Waals surface area contributed by atoms with E-state index in [1.807, 2.05) is 12.2 Å². The van der Waals surface area contributed by atoms with E-state index in [2.05, 4.69) is 5.32 Å². The molecular weight excluding hydrogens is 226 g/mol. The monoisotopic (exact) mass is 241 g/mol. The van der Waals surface area contributed by atoms with E-state index in [1.54, 1.807) is 0 Å². The van der Waals surface area contributed by atoms with E-state index >= 15 is 0 Å². The van der Waals surface area contributed by atoms with Crippen molar-refractivity contribution < 1.29 is 13.2 Å². The lowest BCUT2D eigenvalue weighted by atomic mass is 9.80. The first-order valence-corrected chi connectivity index (χ1v) is 7.46. The minimum atomic E-state index is -2.96. The molecule has 0 bridgehead atoms. The molecule has 3 aliphatic rings. The van der Waals surface area contributed by atoms with Gasteiger partial charge < -0.3 is 5.32 Å². The van der Waals surface area contributed by atoms with Crippen LogP contribution in [0, 0.1) is 5.92 Å². The Hall–Kier alpha value is -0.680. The molecule has 1 N–H and O–H groups in total. The van der Waals surface area contributed by atoms with E-state index in [0.29, 0.717) is 19.3 Å². The van der Waals surface area contributed by atoms with Crippen LogP contribution in [0.1, 0.15) is 19.3 Å². The van der Waals surface area contributed by atoms with E-state index in [9.17, 15) is 13.2 Å². The molecular formula is C11H15NO3S. The largest absolute Gasteiger partial charge is 0.306 e. The average Bonchev–Trinajstić information content (AvgIpc) is 2.53. The summed E-state index contributed by atoms with van der Waals surface area (Å²) in [5.74, 6) is 0.326. The van der Waals surface area contributed by atoms with E-state index in [-0.39, 0.29) is 34.8 Å². The highest BCUT2D eigenvalue weighted by atomic mass is 32.2. The lowest BCUT2D eigenvalue weighted by Crippen LogP contribution is -2.55. The molecule has 0 amide bonds. The molecule has 0 saturated carbocycles. The van der Waals surface area contributed by atoms with Crippen molar-refractivity contribution in [2.24, 2.45) is 5.92 Å². The fourth-order valence-corrected chi connectivity index (χ4v) is 5.25. The quantitative estimate of drug-likeness (QED) is 0.609. The van der Waals surface area contributed by atoms with Gasteiger partial charge in [-0.3, -0.25) is 4.79 Å². The minimum absolute atomic E-state index is 0.0572. The number of piperidine rings is 1. The molecule has 4 unspecified atom stereocenters. The Bertz CT molecular complexity index is 454. The van der Waals surface area contributed by atoms with Crippen LogP contribution in [0.3, 0.4) is 0 Å². The highest BCUT2D eigenvalue weighted by Gasteiger charge is 2.48. The van der Waals surface area contributed by atoms with E-state index in [0.717, 1.165) is 0 Å². The molecule has 4 atom stereocenters. The molecule has 0 aromatic carbocycles. The van der Waals surface area contributed by atoms with Crippen LogP contribution in [0.15, 0.2) is 12.2 Å². The average molecular weight is 241 g/mol. The third kappa shape index (κ3) is 1.45. The molecule has 5 heteroatoms. The zero-order chi connectivity index (χ0) is 11.3. The van der Waals surface area contributed by atoms with Crippen molar-refractivity contribution in [1.29, 1.82) is 0 Å². The number of fused-ring (bicyclic) bond motifs is 2. The zero-order valence-corrected chi connectivity index (χ0v) is 9.74. The zero-order valence-electron chi connectivity index (χ0n) is 8.93. The number of carbonyl (C=O) groups is 1. The Balaban J connectivity index is 1.91. The summed E-state index contributed by atoms with van der Waals surface area (Å²) < 4.78 is 23.6. The maximum absolute atomic E-state index is 11.8. The maximum Gasteiger partial charge on any atom is 0.154 e. The second-order valence-electron chi connectivity index (χ2n) is 4.93. The topological polar surface area (TPSA) is 63.2 Å². The summed E-state index contributed by atoms with van der Waals surface area (Å²) in [4.78, 5) is 11.7. The lowest BCUT2D eigenvalue weighted by Gasteiger charge is -2.38. The van der Waals surface area contributed by atoms with Gasteiger partial charge in [-0.2, -0.15) is 0 Å². The number of Topliss-reactive ketones (excluding diaryl/α,β-unsaturated/α-hetero) is 1. The number of hydrogen-bond donors (Lipinski definition) is 1. The Labute approximate surface area is 95.0 Å². The van der Waals surface area contributed by atoms with Gasteiger partial charge in [0.2, 0.25) is 0 Å². The molecule has 16 heavy (non-hydrogen) atoms. The molecule has 2 fully saturated rings. The highest BCUT2D eigenvalue weighted by Crippen LogP contribution is 2.35. The van der Waals surface area contributed by atoms with Gasteiger partial charge in [0.05, 0.1) is 11.0 Å². The Morgan fingerprint density at radius 2 is 2.19 bits per heavy atom. The van der Waals surface area contributed by atoms with Crippen molar-refractivity contribution in [3.63, 3.8) is 0 Å².